The largest absolute Gasteiger partial charge is 0.305 e. The highest BCUT2D eigenvalue weighted by Gasteiger charge is 2.11. The SMILES string of the molecule is Clc1ccc2nc(CN3CCCCCC3)cn2c1. The fraction of sp³-hybridized carbons (Fsp3) is 0.500. The number of imidazole rings is 1. The summed E-state index contributed by atoms with van der Waals surface area (Å²) in [4.78, 5) is 7.15. The van der Waals surface area contributed by atoms with Gasteiger partial charge in [0.25, 0.3) is 0 Å². The van der Waals surface area contributed by atoms with Gasteiger partial charge in [0.15, 0.2) is 0 Å². The predicted molar refractivity (Wildman–Crippen MR) is 73.9 cm³/mol. The number of nitrogens with zero attached hydrogens (tertiary/aromatic N) is 3. The molecule has 1 fully saturated rings. The predicted octanol–water partition coefficient (Wildman–Crippen LogP) is 3.36. The Labute approximate surface area is 112 Å². The van der Waals surface area contributed by atoms with Crippen molar-refractivity contribution in [3.05, 3.63) is 35.2 Å². The summed E-state index contributed by atoms with van der Waals surface area (Å²) < 4.78 is 2.01. The van der Waals surface area contributed by atoms with Gasteiger partial charge in [-0.2, -0.15) is 0 Å². The minimum absolute atomic E-state index is 0.751. The number of hydrogen-bond acceptors (Lipinski definition) is 2. The van der Waals surface area contributed by atoms with Gasteiger partial charge in [-0.1, -0.05) is 24.4 Å². The van der Waals surface area contributed by atoms with Crippen LogP contribution in [-0.4, -0.2) is 27.4 Å². The first-order chi connectivity index (χ1) is 8.81. The number of hydrogen-bond donors (Lipinski definition) is 0. The Balaban J connectivity index is 1.77. The summed E-state index contributed by atoms with van der Waals surface area (Å²) in [5.74, 6) is 0. The van der Waals surface area contributed by atoms with E-state index in [0.29, 0.717) is 0 Å². The van der Waals surface area contributed by atoms with Gasteiger partial charge < -0.3 is 4.40 Å². The van der Waals surface area contributed by atoms with E-state index in [0.717, 1.165) is 22.9 Å². The molecule has 0 radical (unpaired) electrons. The standard InChI is InChI=1S/C14H18ClN3/c15-12-5-6-14-16-13(11-18(14)9-12)10-17-7-3-1-2-4-8-17/h5-6,9,11H,1-4,7-8,10H2. The van der Waals surface area contributed by atoms with E-state index >= 15 is 0 Å². The topological polar surface area (TPSA) is 20.5 Å². The van der Waals surface area contributed by atoms with Gasteiger partial charge in [-0.15, -0.1) is 0 Å². The minimum atomic E-state index is 0.751. The van der Waals surface area contributed by atoms with Crippen molar-refractivity contribution in [1.29, 1.82) is 0 Å². The molecule has 0 unspecified atom stereocenters. The van der Waals surface area contributed by atoms with Gasteiger partial charge in [0.2, 0.25) is 0 Å². The van der Waals surface area contributed by atoms with Crippen molar-refractivity contribution in [2.75, 3.05) is 13.1 Å². The maximum Gasteiger partial charge on any atom is 0.137 e. The molecule has 1 aliphatic rings. The van der Waals surface area contributed by atoms with E-state index in [-0.39, 0.29) is 0 Å². The van der Waals surface area contributed by atoms with Crippen LogP contribution < -0.4 is 0 Å². The summed E-state index contributed by atoms with van der Waals surface area (Å²) >= 11 is 5.98. The van der Waals surface area contributed by atoms with Crippen LogP contribution in [0.1, 0.15) is 31.4 Å². The summed E-state index contributed by atoms with van der Waals surface area (Å²) in [5.41, 5.74) is 2.11. The number of halogens is 1. The Kier molecular flexibility index (Phi) is 3.52. The number of rotatable bonds is 2. The molecule has 3 rings (SSSR count). The highest BCUT2D eigenvalue weighted by molar-refractivity contribution is 6.30. The van der Waals surface area contributed by atoms with E-state index < -0.39 is 0 Å². The fourth-order valence-electron chi connectivity index (χ4n) is 2.62. The zero-order chi connectivity index (χ0) is 12.4. The first-order valence-corrected chi connectivity index (χ1v) is 7.04. The number of likely N-dealkylation sites (tertiary alicyclic amines) is 1. The van der Waals surface area contributed by atoms with Crippen LogP contribution in [0.4, 0.5) is 0 Å². The summed E-state index contributed by atoms with van der Waals surface area (Å²) in [5, 5.41) is 0.751. The zero-order valence-electron chi connectivity index (χ0n) is 10.5. The summed E-state index contributed by atoms with van der Waals surface area (Å²) in [7, 11) is 0. The zero-order valence-corrected chi connectivity index (χ0v) is 11.2. The molecule has 0 atom stereocenters. The Morgan fingerprint density at radius 2 is 1.83 bits per heavy atom. The molecule has 4 heteroatoms. The first kappa shape index (κ1) is 12.0. The van der Waals surface area contributed by atoms with E-state index in [1.165, 1.54) is 38.8 Å². The molecule has 2 aromatic heterocycles. The number of aromatic nitrogens is 2. The smallest absolute Gasteiger partial charge is 0.137 e. The Hall–Kier alpha value is -1.06. The lowest BCUT2D eigenvalue weighted by molar-refractivity contribution is 0.274. The summed E-state index contributed by atoms with van der Waals surface area (Å²) in [6.45, 7) is 3.36. The van der Waals surface area contributed by atoms with Gasteiger partial charge in [-0.25, -0.2) is 4.98 Å². The van der Waals surface area contributed by atoms with Crippen LogP contribution in [0, 0.1) is 0 Å². The third-order valence-electron chi connectivity index (χ3n) is 3.55. The van der Waals surface area contributed by atoms with Gasteiger partial charge in [0.1, 0.15) is 5.65 Å². The molecule has 0 aromatic carbocycles. The third kappa shape index (κ3) is 2.68. The van der Waals surface area contributed by atoms with Crippen molar-refractivity contribution in [2.24, 2.45) is 0 Å². The molecule has 3 nitrogen and oxygen atoms in total. The molecule has 96 valence electrons. The maximum absolute atomic E-state index is 5.98. The van der Waals surface area contributed by atoms with Crippen molar-refractivity contribution in [3.63, 3.8) is 0 Å². The molecule has 1 aliphatic heterocycles. The van der Waals surface area contributed by atoms with Crippen molar-refractivity contribution in [1.82, 2.24) is 14.3 Å². The number of fused-ring (bicyclic) bond motifs is 1. The monoisotopic (exact) mass is 263 g/mol. The molecule has 0 amide bonds. The van der Waals surface area contributed by atoms with E-state index in [9.17, 15) is 0 Å². The van der Waals surface area contributed by atoms with Gasteiger partial charge >= 0.3 is 0 Å². The lowest BCUT2D eigenvalue weighted by Crippen LogP contribution is -2.24. The molecule has 0 saturated carbocycles. The number of pyridine rings is 1. The molecule has 2 aromatic rings. The lowest BCUT2D eigenvalue weighted by Gasteiger charge is -2.17. The van der Waals surface area contributed by atoms with Gasteiger partial charge in [-0.3, -0.25) is 4.90 Å². The quantitative estimate of drug-likeness (QED) is 0.828. The molecule has 18 heavy (non-hydrogen) atoms. The van der Waals surface area contributed by atoms with Gasteiger partial charge in [0, 0.05) is 18.9 Å². The van der Waals surface area contributed by atoms with E-state index in [4.69, 9.17) is 11.6 Å². The van der Waals surface area contributed by atoms with E-state index in [1.54, 1.807) is 0 Å². The second-order valence-corrected chi connectivity index (χ2v) is 5.47. The Bertz CT molecular complexity index is 527. The third-order valence-corrected chi connectivity index (χ3v) is 3.77. The summed E-state index contributed by atoms with van der Waals surface area (Å²) in [6, 6.07) is 3.86. The molecule has 0 aliphatic carbocycles. The molecule has 1 saturated heterocycles. The maximum atomic E-state index is 5.98. The van der Waals surface area contributed by atoms with Crippen molar-refractivity contribution in [3.8, 4) is 0 Å². The van der Waals surface area contributed by atoms with Crippen LogP contribution in [0.2, 0.25) is 5.02 Å². The summed E-state index contributed by atoms with van der Waals surface area (Å²) in [6.07, 6.45) is 9.38. The van der Waals surface area contributed by atoms with Crippen molar-refractivity contribution >= 4 is 17.2 Å². The van der Waals surface area contributed by atoms with Crippen LogP contribution in [-0.2, 0) is 6.54 Å². The second-order valence-electron chi connectivity index (χ2n) is 5.04. The molecule has 0 spiro atoms. The van der Waals surface area contributed by atoms with Crippen molar-refractivity contribution < 1.29 is 0 Å². The van der Waals surface area contributed by atoms with Crippen LogP contribution in [0.3, 0.4) is 0 Å². The van der Waals surface area contributed by atoms with Gasteiger partial charge in [0.05, 0.1) is 10.7 Å². The molecule has 0 N–H and O–H groups in total. The van der Waals surface area contributed by atoms with Crippen LogP contribution in [0.25, 0.3) is 5.65 Å². The fourth-order valence-corrected chi connectivity index (χ4v) is 2.78. The van der Waals surface area contributed by atoms with Gasteiger partial charge in [-0.05, 0) is 38.1 Å². The minimum Gasteiger partial charge on any atom is -0.305 e. The molecule has 3 heterocycles. The average molecular weight is 264 g/mol. The normalized spacial score (nSPS) is 18.1. The van der Waals surface area contributed by atoms with E-state index in [1.807, 2.05) is 22.7 Å². The van der Waals surface area contributed by atoms with Crippen LogP contribution >= 0.6 is 11.6 Å². The Morgan fingerprint density at radius 3 is 2.61 bits per heavy atom. The second kappa shape index (κ2) is 5.29. The van der Waals surface area contributed by atoms with E-state index in [2.05, 4.69) is 16.1 Å². The highest BCUT2D eigenvalue weighted by Crippen LogP contribution is 2.15. The molecule has 0 bridgehead atoms. The Morgan fingerprint density at radius 1 is 1.06 bits per heavy atom. The molecular weight excluding hydrogens is 246 g/mol. The lowest BCUT2D eigenvalue weighted by atomic mass is 10.2. The van der Waals surface area contributed by atoms with Crippen molar-refractivity contribution in [2.45, 2.75) is 32.2 Å². The highest BCUT2D eigenvalue weighted by atomic mass is 35.5. The van der Waals surface area contributed by atoms with Crippen LogP contribution in [0.15, 0.2) is 24.5 Å². The average Bonchev–Trinajstić information content (AvgIpc) is 2.57. The molecular formula is C14H18ClN3. The van der Waals surface area contributed by atoms with Crippen LogP contribution in [0.5, 0.6) is 0 Å². The first-order valence-electron chi connectivity index (χ1n) is 6.67.